The summed E-state index contributed by atoms with van der Waals surface area (Å²) in [6, 6.07) is -2.72. The molecule has 2 heterocycles. The molecule has 0 amide bonds. The molecule has 0 aromatic carbocycles. The van der Waals surface area contributed by atoms with E-state index in [0.29, 0.717) is 0 Å². The minimum Gasteiger partial charge on any atom is -0.394 e. The molecule has 0 aromatic rings. The summed E-state index contributed by atoms with van der Waals surface area (Å²) in [5, 5.41) is 60.2. The van der Waals surface area contributed by atoms with Crippen molar-refractivity contribution in [1.29, 1.82) is 0 Å². The molecule has 3 fully saturated rings. The number of hydrogen-bond acceptors (Lipinski definition) is 14. The zero-order chi connectivity index (χ0) is 23.0. The van der Waals surface area contributed by atoms with Crippen LogP contribution in [0.15, 0.2) is 0 Å². The van der Waals surface area contributed by atoms with Crippen LogP contribution >= 0.6 is 0 Å². The van der Waals surface area contributed by atoms with Gasteiger partial charge < -0.3 is 72.5 Å². The third kappa shape index (κ3) is 4.87. The summed E-state index contributed by atoms with van der Waals surface area (Å²) in [5.41, 5.74) is 23.6. The second-order valence-electron chi connectivity index (χ2n) is 8.30. The molecule has 3 rings (SSSR count). The molecule has 0 bridgehead atoms. The van der Waals surface area contributed by atoms with Crippen molar-refractivity contribution in [3.8, 4) is 0 Å². The van der Waals surface area contributed by atoms with Gasteiger partial charge in [-0.15, -0.1) is 0 Å². The van der Waals surface area contributed by atoms with E-state index in [1.54, 1.807) is 0 Å². The molecule has 31 heavy (non-hydrogen) atoms. The summed E-state index contributed by atoms with van der Waals surface area (Å²) < 4.78 is 22.5. The highest BCUT2D eigenvalue weighted by Gasteiger charge is 2.52. The molecule has 14 heteroatoms. The van der Waals surface area contributed by atoms with Crippen LogP contribution in [-0.4, -0.2) is 129 Å². The Morgan fingerprint density at radius 3 is 1.87 bits per heavy atom. The third-order valence-corrected chi connectivity index (χ3v) is 6.13. The lowest BCUT2D eigenvalue weighted by atomic mass is 9.84. The van der Waals surface area contributed by atoms with Gasteiger partial charge in [0.25, 0.3) is 0 Å². The molecular formula is C17H34N4O10. The average molecular weight is 454 g/mol. The Kier molecular flexibility index (Phi) is 8.21. The zero-order valence-electron chi connectivity index (χ0n) is 16.8. The van der Waals surface area contributed by atoms with Crippen molar-refractivity contribution in [2.24, 2.45) is 22.9 Å². The smallest absolute Gasteiger partial charge is 0.187 e. The minimum atomic E-state index is -1.51. The Bertz CT molecular complexity index is 591. The van der Waals surface area contributed by atoms with Crippen molar-refractivity contribution in [3.63, 3.8) is 0 Å². The van der Waals surface area contributed by atoms with Crippen LogP contribution in [0.2, 0.25) is 0 Å². The van der Waals surface area contributed by atoms with Gasteiger partial charge in [0, 0.05) is 18.6 Å². The lowest BCUT2D eigenvalue weighted by Gasteiger charge is -2.47. The van der Waals surface area contributed by atoms with Crippen LogP contribution in [0.5, 0.6) is 0 Å². The van der Waals surface area contributed by atoms with Gasteiger partial charge in [0.15, 0.2) is 12.6 Å². The van der Waals surface area contributed by atoms with Crippen LogP contribution < -0.4 is 22.9 Å². The highest BCUT2D eigenvalue weighted by atomic mass is 16.7. The van der Waals surface area contributed by atoms with Crippen LogP contribution in [0.1, 0.15) is 6.42 Å². The number of aliphatic hydroxyl groups excluding tert-OH is 6. The number of ether oxygens (including phenoxy) is 4. The topological polar surface area (TPSA) is 262 Å². The standard InChI is InChI=1S/C17H34N4O10/c18-2-6-10(24)12(26)8(21)16(28-6)30-14-5(20)1-4(19)9(23)15(14)31-17-13(27)11(25)7(3-22)29-17/h4-17,22-27H,1-3,18-21H2/t4-,5-,6-,7+,8-,9+,10-,11+,12+,13+,14-,15+,16-,17+/m1/s1. The van der Waals surface area contributed by atoms with Crippen LogP contribution in [0.3, 0.4) is 0 Å². The van der Waals surface area contributed by atoms with Crippen LogP contribution in [0, 0.1) is 0 Å². The summed E-state index contributed by atoms with van der Waals surface area (Å²) in [6.45, 7) is -0.673. The minimum absolute atomic E-state index is 0.114. The SMILES string of the molecule is NC[C@H]1O[C@H](O[C@H]2[C@@H](O[C@@H]3O[C@@H](CO)[C@H](O)[C@@H]3O)[C@@H](O)[C@H](N)C[C@H]2N)[C@H](N)[C@H](O)[C@@H]1O. The normalized spacial score (nSPS) is 53.6. The quantitative estimate of drug-likeness (QED) is 0.179. The van der Waals surface area contributed by atoms with E-state index in [-0.39, 0.29) is 13.0 Å². The van der Waals surface area contributed by atoms with Gasteiger partial charge >= 0.3 is 0 Å². The molecule has 0 spiro atoms. The fourth-order valence-electron chi connectivity index (χ4n) is 4.16. The fraction of sp³-hybridized carbons (Fsp3) is 1.00. The van der Waals surface area contributed by atoms with E-state index in [1.165, 1.54) is 0 Å². The highest BCUT2D eigenvalue weighted by Crippen LogP contribution is 2.31. The van der Waals surface area contributed by atoms with E-state index in [0.717, 1.165) is 0 Å². The van der Waals surface area contributed by atoms with Gasteiger partial charge in [0.05, 0.1) is 18.8 Å². The molecule has 14 atom stereocenters. The first-order valence-electron chi connectivity index (χ1n) is 10.2. The van der Waals surface area contributed by atoms with E-state index in [9.17, 15) is 30.6 Å². The Hall–Kier alpha value is -0.560. The third-order valence-electron chi connectivity index (χ3n) is 6.13. The Balaban J connectivity index is 1.78. The van der Waals surface area contributed by atoms with Crippen molar-refractivity contribution < 1.29 is 49.6 Å². The predicted octanol–water partition coefficient (Wildman–Crippen LogP) is -6.65. The molecule has 14 N–H and O–H groups in total. The molecule has 14 nitrogen and oxygen atoms in total. The molecule has 0 radical (unpaired) electrons. The molecule has 3 aliphatic rings. The number of nitrogens with two attached hydrogens (primary N) is 4. The summed E-state index contributed by atoms with van der Waals surface area (Å²) in [6.07, 6.45) is -13.8. The first-order chi connectivity index (χ1) is 14.6. The van der Waals surface area contributed by atoms with Gasteiger partial charge in [0.2, 0.25) is 0 Å². The predicted molar refractivity (Wildman–Crippen MR) is 102 cm³/mol. The van der Waals surface area contributed by atoms with Crippen molar-refractivity contribution in [1.82, 2.24) is 0 Å². The second-order valence-corrected chi connectivity index (χ2v) is 8.30. The van der Waals surface area contributed by atoms with Crippen LogP contribution in [0.25, 0.3) is 0 Å². The maximum Gasteiger partial charge on any atom is 0.187 e. The maximum absolute atomic E-state index is 10.6. The lowest BCUT2D eigenvalue weighted by Crippen LogP contribution is -2.68. The van der Waals surface area contributed by atoms with Crippen molar-refractivity contribution in [2.75, 3.05) is 13.2 Å². The van der Waals surface area contributed by atoms with Gasteiger partial charge in [-0.05, 0) is 6.42 Å². The van der Waals surface area contributed by atoms with Crippen molar-refractivity contribution in [3.05, 3.63) is 0 Å². The lowest BCUT2D eigenvalue weighted by molar-refractivity contribution is -0.306. The number of hydrogen-bond donors (Lipinski definition) is 10. The largest absolute Gasteiger partial charge is 0.394 e. The summed E-state index contributed by atoms with van der Waals surface area (Å²) in [5.74, 6) is 0. The highest BCUT2D eigenvalue weighted by molar-refractivity contribution is 5.01. The molecule has 0 aromatic heterocycles. The Morgan fingerprint density at radius 2 is 1.29 bits per heavy atom. The monoisotopic (exact) mass is 454 g/mol. The zero-order valence-corrected chi connectivity index (χ0v) is 16.8. The number of aliphatic hydroxyl groups is 6. The van der Waals surface area contributed by atoms with Crippen LogP contribution in [0.4, 0.5) is 0 Å². The molecule has 1 saturated carbocycles. The van der Waals surface area contributed by atoms with E-state index < -0.39 is 92.2 Å². The first kappa shape index (κ1) is 25.1. The Labute approximate surface area is 178 Å². The maximum atomic E-state index is 10.6. The molecule has 2 aliphatic heterocycles. The van der Waals surface area contributed by atoms with Gasteiger partial charge in [0.1, 0.15) is 48.8 Å². The van der Waals surface area contributed by atoms with Gasteiger partial charge in [-0.2, -0.15) is 0 Å². The second kappa shape index (κ2) is 10.1. The molecule has 2 saturated heterocycles. The average Bonchev–Trinajstić information content (AvgIpc) is 3.02. The summed E-state index contributed by atoms with van der Waals surface area (Å²) >= 11 is 0. The van der Waals surface area contributed by atoms with E-state index >= 15 is 0 Å². The fourth-order valence-corrected chi connectivity index (χ4v) is 4.16. The van der Waals surface area contributed by atoms with Crippen molar-refractivity contribution in [2.45, 2.75) is 92.1 Å². The molecule has 1 aliphatic carbocycles. The summed E-state index contributed by atoms with van der Waals surface area (Å²) in [7, 11) is 0. The number of rotatable bonds is 6. The molecular weight excluding hydrogens is 420 g/mol. The van der Waals surface area contributed by atoms with Gasteiger partial charge in [-0.25, -0.2) is 0 Å². The van der Waals surface area contributed by atoms with E-state index in [2.05, 4.69) is 0 Å². The first-order valence-corrected chi connectivity index (χ1v) is 10.2. The summed E-state index contributed by atoms with van der Waals surface area (Å²) in [4.78, 5) is 0. The van der Waals surface area contributed by atoms with E-state index in [4.69, 9.17) is 41.9 Å². The molecule has 182 valence electrons. The van der Waals surface area contributed by atoms with Crippen LogP contribution in [-0.2, 0) is 18.9 Å². The van der Waals surface area contributed by atoms with Crippen molar-refractivity contribution >= 4 is 0 Å². The Morgan fingerprint density at radius 1 is 0.710 bits per heavy atom. The van der Waals surface area contributed by atoms with E-state index in [1.807, 2.05) is 0 Å². The molecule has 0 unspecified atom stereocenters. The van der Waals surface area contributed by atoms with Gasteiger partial charge in [-0.3, -0.25) is 0 Å². The van der Waals surface area contributed by atoms with Gasteiger partial charge in [-0.1, -0.05) is 0 Å².